The Bertz CT molecular complexity index is 838. The Balaban J connectivity index is 2.22. The van der Waals surface area contributed by atoms with Gasteiger partial charge in [0, 0.05) is 5.56 Å². The van der Waals surface area contributed by atoms with E-state index in [1.165, 1.54) is 33.5 Å². The van der Waals surface area contributed by atoms with Gasteiger partial charge in [-0.2, -0.15) is 0 Å². The maximum atomic E-state index is 12.4. The topological polar surface area (TPSA) is 88.5 Å². The van der Waals surface area contributed by atoms with Crippen LogP contribution >= 0.6 is 0 Å². The number of phenolic OH excluding ortho intramolecular Hbond substituents is 2. The zero-order chi connectivity index (χ0) is 19.0. The summed E-state index contributed by atoms with van der Waals surface area (Å²) < 4.78 is 16.2. The summed E-state index contributed by atoms with van der Waals surface area (Å²) in [4.78, 5) is 14.2. The number of benzene rings is 2. The quantitative estimate of drug-likeness (QED) is 0.810. The molecule has 0 saturated carbocycles. The highest BCUT2D eigenvalue weighted by Crippen LogP contribution is 2.45. The van der Waals surface area contributed by atoms with E-state index in [2.05, 4.69) is 0 Å². The van der Waals surface area contributed by atoms with Crippen molar-refractivity contribution in [2.75, 3.05) is 34.9 Å². The fourth-order valence-electron chi connectivity index (χ4n) is 3.39. The van der Waals surface area contributed by atoms with Crippen molar-refractivity contribution in [1.82, 2.24) is 4.90 Å². The number of phenols is 2. The molecule has 1 aliphatic heterocycles. The Morgan fingerprint density at radius 2 is 1.54 bits per heavy atom. The molecule has 0 aliphatic carbocycles. The number of fused-ring (bicyclic) bond motifs is 1. The second-order valence-corrected chi connectivity index (χ2v) is 6.13. The Kier molecular flexibility index (Phi) is 4.65. The molecule has 0 spiro atoms. The molecule has 7 heteroatoms. The van der Waals surface area contributed by atoms with E-state index < -0.39 is 0 Å². The molecular weight excluding hydrogens is 338 g/mol. The summed E-state index contributed by atoms with van der Waals surface area (Å²) in [5, 5.41) is 19.7. The first kappa shape index (κ1) is 17.9. The summed E-state index contributed by atoms with van der Waals surface area (Å²) in [6.45, 7) is 0.179. The van der Waals surface area contributed by atoms with E-state index in [0.29, 0.717) is 28.4 Å². The molecule has 2 N–H and O–H groups in total. The molecule has 0 saturated heterocycles. The lowest BCUT2D eigenvalue weighted by Crippen LogP contribution is -2.37. The van der Waals surface area contributed by atoms with E-state index in [9.17, 15) is 15.0 Å². The molecule has 3 rings (SSSR count). The fourth-order valence-corrected chi connectivity index (χ4v) is 3.39. The number of hydrogen-bond donors (Lipinski definition) is 2. The smallest absolute Gasteiger partial charge is 0.203 e. The minimum atomic E-state index is -0.331. The summed E-state index contributed by atoms with van der Waals surface area (Å²) in [7, 11) is 6.42. The molecule has 0 aromatic heterocycles. The minimum absolute atomic E-state index is 0.124. The standard InChI is InChI=1S/C19H21NO6/c1-20-9-15(23)11-7-13(21)14(22)8-12(11)18(20)10-5-16(24-2)19(26-4)17(6-10)25-3/h5-8,18,21-22H,9H2,1-4H3. The maximum absolute atomic E-state index is 12.4. The van der Waals surface area contributed by atoms with Gasteiger partial charge < -0.3 is 24.4 Å². The van der Waals surface area contributed by atoms with Crippen molar-refractivity contribution in [3.8, 4) is 28.7 Å². The molecule has 1 aliphatic rings. The molecule has 2 aromatic carbocycles. The van der Waals surface area contributed by atoms with E-state index >= 15 is 0 Å². The van der Waals surface area contributed by atoms with Crippen molar-refractivity contribution in [2.24, 2.45) is 0 Å². The van der Waals surface area contributed by atoms with Gasteiger partial charge in [-0.25, -0.2) is 0 Å². The van der Waals surface area contributed by atoms with Gasteiger partial charge in [-0.3, -0.25) is 9.69 Å². The number of carbonyl (C=O) groups is 1. The van der Waals surface area contributed by atoms with E-state index in [-0.39, 0.29) is 29.9 Å². The summed E-state index contributed by atoms with van der Waals surface area (Å²) in [5.41, 5.74) is 1.80. The van der Waals surface area contributed by atoms with Crippen molar-refractivity contribution in [2.45, 2.75) is 6.04 Å². The number of ketones is 1. The number of carbonyl (C=O) groups excluding carboxylic acids is 1. The molecule has 26 heavy (non-hydrogen) atoms. The van der Waals surface area contributed by atoms with Crippen LogP contribution in [0.4, 0.5) is 0 Å². The van der Waals surface area contributed by atoms with Gasteiger partial charge in [0.05, 0.1) is 33.9 Å². The summed E-state index contributed by atoms with van der Waals surface area (Å²) in [6, 6.07) is 6.03. The van der Waals surface area contributed by atoms with Crippen LogP contribution in [0.1, 0.15) is 27.5 Å². The Hall–Kier alpha value is -2.93. The average molecular weight is 359 g/mol. The molecule has 0 fully saturated rings. The van der Waals surface area contributed by atoms with Crippen molar-refractivity contribution in [1.29, 1.82) is 0 Å². The van der Waals surface area contributed by atoms with E-state index in [0.717, 1.165) is 5.56 Å². The average Bonchev–Trinajstić information content (AvgIpc) is 2.62. The highest BCUT2D eigenvalue weighted by atomic mass is 16.5. The van der Waals surface area contributed by atoms with Crippen LogP contribution in [0.25, 0.3) is 0 Å². The normalized spacial score (nSPS) is 16.9. The van der Waals surface area contributed by atoms with Gasteiger partial charge in [0.2, 0.25) is 5.75 Å². The molecule has 0 amide bonds. The SMILES string of the molecule is COc1cc(C2c3cc(O)c(O)cc3C(=O)CN2C)cc(OC)c1OC. The van der Waals surface area contributed by atoms with Gasteiger partial charge >= 0.3 is 0 Å². The first-order chi connectivity index (χ1) is 12.4. The van der Waals surface area contributed by atoms with Crippen LogP contribution in [-0.2, 0) is 0 Å². The van der Waals surface area contributed by atoms with Gasteiger partial charge in [0.1, 0.15) is 0 Å². The number of ether oxygens (including phenoxy) is 3. The minimum Gasteiger partial charge on any atom is -0.504 e. The van der Waals surface area contributed by atoms with Gasteiger partial charge in [0.15, 0.2) is 28.8 Å². The van der Waals surface area contributed by atoms with Gasteiger partial charge in [-0.05, 0) is 42.4 Å². The molecule has 1 heterocycles. The molecular formula is C19H21NO6. The van der Waals surface area contributed by atoms with Gasteiger partial charge in [-0.15, -0.1) is 0 Å². The second kappa shape index (κ2) is 6.76. The number of aromatic hydroxyl groups is 2. The van der Waals surface area contributed by atoms with E-state index in [1.807, 2.05) is 24.1 Å². The first-order valence-electron chi connectivity index (χ1n) is 8.00. The molecule has 1 atom stereocenters. The lowest BCUT2D eigenvalue weighted by molar-refractivity contribution is 0.0903. The van der Waals surface area contributed by atoms with Crippen LogP contribution in [0.5, 0.6) is 28.7 Å². The maximum Gasteiger partial charge on any atom is 0.203 e. The third kappa shape index (κ3) is 2.80. The zero-order valence-electron chi connectivity index (χ0n) is 15.1. The Morgan fingerprint density at radius 3 is 2.08 bits per heavy atom. The van der Waals surface area contributed by atoms with Gasteiger partial charge in [-0.1, -0.05) is 0 Å². The summed E-state index contributed by atoms with van der Waals surface area (Å²) in [6.07, 6.45) is 0. The largest absolute Gasteiger partial charge is 0.504 e. The first-order valence-corrected chi connectivity index (χ1v) is 8.00. The van der Waals surface area contributed by atoms with Crippen molar-refractivity contribution < 1.29 is 29.2 Å². The predicted molar refractivity (Wildman–Crippen MR) is 94.7 cm³/mol. The monoisotopic (exact) mass is 359 g/mol. The number of likely N-dealkylation sites (N-methyl/N-ethyl adjacent to an activating group) is 1. The summed E-state index contributed by atoms with van der Waals surface area (Å²) in [5.74, 6) is 0.756. The lowest BCUT2D eigenvalue weighted by atomic mass is 9.87. The highest BCUT2D eigenvalue weighted by Gasteiger charge is 2.33. The third-order valence-electron chi connectivity index (χ3n) is 4.58. The third-order valence-corrected chi connectivity index (χ3v) is 4.58. The van der Waals surface area contributed by atoms with Crippen LogP contribution < -0.4 is 14.2 Å². The molecule has 0 radical (unpaired) electrons. The number of Topliss-reactive ketones (excluding diaryl/α,β-unsaturated/α-hetero) is 1. The zero-order valence-corrected chi connectivity index (χ0v) is 15.1. The van der Waals surface area contributed by atoms with Crippen molar-refractivity contribution >= 4 is 5.78 Å². The molecule has 2 aromatic rings. The number of methoxy groups -OCH3 is 3. The fraction of sp³-hybridized carbons (Fsp3) is 0.316. The van der Waals surface area contributed by atoms with Crippen LogP contribution in [0.3, 0.4) is 0 Å². The second-order valence-electron chi connectivity index (χ2n) is 6.13. The number of hydrogen-bond acceptors (Lipinski definition) is 7. The molecule has 7 nitrogen and oxygen atoms in total. The van der Waals surface area contributed by atoms with Crippen LogP contribution in [-0.4, -0.2) is 55.8 Å². The molecule has 0 bridgehead atoms. The van der Waals surface area contributed by atoms with Crippen LogP contribution in [0, 0.1) is 0 Å². The number of rotatable bonds is 4. The lowest BCUT2D eigenvalue weighted by Gasteiger charge is -2.34. The van der Waals surface area contributed by atoms with Crippen molar-refractivity contribution in [3.05, 3.63) is 41.0 Å². The molecule has 138 valence electrons. The van der Waals surface area contributed by atoms with Crippen LogP contribution in [0.15, 0.2) is 24.3 Å². The van der Waals surface area contributed by atoms with Crippen LogP contribution in [0.2, 0.25) is 0 Å². The predicted octanol–water partition coefficient (Wildman–Crippen LogP) is 2.34. The Labute approximate surface area is 151 Å². The van der Waals surface area contributed by atoms with Gasteiger partial charge in [0.25, 0.3) is 0 Å². The number of nitrogens with zero attached hydrogens (tertiary/aromatic N) is 1. The Morgan fingerprint density at radius 1 is 0.962 bits per heavy atom. The molecule has 1 unspecified atom stereocenters. The van der Waals surface area contributed by atoms with E-state index in [1.54, 1.807) is 0 Å². The van der Waals surface area contributed by atoms with Crippen molar-refractivity contribution in [3.63, 3.8) is 0 Å². The summed E-state index contributed by atoms with van der Waals surface area (Å²) >= 11 is 0. The van der Waals surface area contributed by atoms with E-state index in [4.69, 9.17) is 14.2 Å². The highest BCUT2D eigenvalue weighted by molar-refractivity contribution is 6.01.